The largest absolute Gasteiger partial charge is 0.356 e. The number of hydrogen-bond acceptors (Lipinski definition) is 2. The van der Waals surface area contributed by atoms with Crippen LogP contribution in [0.5, 0.6) is 0 Å². The van der Waals surface area contributed by atoms with Gasteiger partial charge in [0.2, 0.25) is 0 Å². The summed E-state index contributed by atoms with van der Waals surface area (Å²) in [4.78, 5) is 13.0. The van der Waals surface area contributed by atoms with E-state index in [0.717, 1.165) is 5.69 Å². The Labute approximate surface area is 197 Å². The molecule has 0 amide bonds. The van der Waals surface area contributed by atoms with Crippen molar-refractivity contribution in [1.29, 1.82) is 0 Å². The minimum Gasteiger partial charge on any atom is -0.356 e. The maximum Gasteiger partial charge on any atom is 0.193 e. The number of hydrogen-bond donors (Lipinski definition) is 2. The first-order chi connectivity index (χ1) is 15.0. The van der Waals surface area contributed by atoms with Crippen molar-refractivity contribution in [3.05, 3.63) is 100 Å². The van der Waals surface area contributed by atoms with Gasteiger partial charge in [0.25, 0.3) is 0 Å². The van der Waals surface area contributed by atoms with Gasteiger partial charge in [0.15, 0.2) is 10.9 Å². The predicted molar refractivity (Wildman–Crippen MR) is 139 cm³/mol. The minimum atomic E-state index is -0.00302. The fraction of sp³-hybridized carbons (Fsp3) is 0.286. The molecule has 32 heavy (non-hydrogen) atoms. The van der Waals surface area contributed by atoms with E-state index in [1.54, 1.807) is 0 Å². The second-order valence-electron chi connectivity index (χ2n) is 9.42. The van der Waals surface area contributed by atoms with Crippen molar-refractivity contribution >= 4 is 28.8 Å². The highest BCUT2D eigenvalue weighted by molar-refractivity contribution is 7.80. The number of ketones is 1. The Morgan fingerprint density at radius 1 is 0.906 bits per heavy atom. The Morgan fingerprint density at radius 2 is 1.59 bits per heavy atom. The van der Waals surface area contributed by atoms with Crippen LogP contribution in [0.2, 0.25) is 0 Å². The SMILES string of the molecule is Cc1ccc(C)c([C@@H](C)NC(=S)Nc2cccc(C(=O)c3ccc(C(C)(C)C)cc3)c2)c1. The topological polar surface area (TPSA) is 41.1 Å². The zero-order valence-corrected chi connectivity index (χ0v) is 20.6. The third-order valence-electron chi connectivity index (χ3n) is 5.64. The van der Waals surface area contributed by atoms with Crippen molar-refractivity contribution in [1.82, 2.24) is 5.32 Å². The molecule has 4 heteroatoms. The summed E-state index contributed by atoms with van der Waals surface area (Å²) in [6, 6.07) is 21.8. The molecule has 0 saturated carbocycles. The summed E-state index contributed by atoms with van der Waals surface area (Å²) in [5.74, 6) is -0.00302. The van der Waals surface area contributed by atoms with Gasteiger partial charge in [-0.2, -0.15) is 0 Å². The van der Waals surface area contributed by atoms with E-state index in [2.05, 4.69) is 70.4 Å². The molecule has 3 aromatic rings. The maximum absolute atomic E-state index is 13.0. The Morgan fingerprint density at radius 3 is 2.25 bits per heavy atom. The molecule has 1 atom stereocenters. The Hall–Kier alpha value is -2.98. The van der Waals surface area contributed by atoms with Crippen LogP contribution in [0, 0.1) is 13.8 Å². The van der Waals surface area contributed by atoms with Crippen LogP contribution in [0.15, 0.2) is 66.7 Å². The second kappa shape index (κ2) is 9.66. The predicted octanol–water partition coefficient (Wildman–Crippen LogP) is 6.88. The van der Waals surface area contributed by atoms with E-state index < -0.39 is 0 Å². The van der Waals surface area contributed by atoms with Gasteiger partial charge in [0.1, 0.15) is 0 Å². The summed E-state index contributed by atoms with van der Waals surface area (Å²) in [5, 5.41) is 7.09. The molecule has 0 aliphatic carbocycles. The number of rotatable bonds is 5. The molecule has 3 nitrogen and oxygen atoms in total. The molecule has 2 N–H and O–H groups in total. The van der Waals surface area contributed by atoms with Crippen molar-refractivity contribution in [2.45, 2.75) is 53.0 Å². The van der Waals surface area contributed by atoms with Gasteiger partial charge in [-0.3, -0.25) is 4.79 Å². The van der Waals surface area contributed by atoms with E-state index in [-0.39, 0.29) is 17.2 Å². The molecule has 0 aliphatic rings. The van der Waals surface area contributed by atoms with Gasteiger partial charge >= 0.3 is 0 Å². The molecule has 0 bridgehead atoms. The Bertz CT molecular complexity index is 1130. The molecule has 0 spiro atoms. The van der Waals surface area contributed by atoms with Gasteiger partial charge in [-0.15, -0.1) is 0 Å². The van der Waals surface area contributed by atoms with E-state index in [0.29, 0.717) is 16.2 Å². The highest BCUT2D eigenvalue weighted by Gasteiger charge is 2.16. The zero-order valence-electron chi connectivity index (χ0n) is 19.7. The fourth-order valence-electron chi connectivity index (χ4n) is 3.69. The lowest BCUT2D eigenvalue weighted by Crippen LogP contribution is -2.31. The molecule has 166 valence electrons. The third kappa shape index (κ3) is 5.83. The van der Waals surface area contributed by atoms with Crippen LogP contribution in [0.25, 0.3) is 0 Å². The molecular formula is C28H32N2OS. The first-order valence-corrected chi connectivity index (χ1v) is 11.4. The van der Waals surface area contributed by atoms with E-state index >= 15 is 0 Å². The lowest BCUT2D eigenvalue weighted by Gasteiger charge is -2.20. The molecule has 0 aliphatic heterocycles. The molecular weight excluding hydrogens is 412 g/mol. The lowest BCUT2D eigenvalue weighted by atomic mass is 9.86. The molecule has 0 aromatic heterocycles. The van der Waals surface area contributed by atoms with Crippen LogP contribution in [0.1, 0.15) is 71.9 Å². The summed E-state index contributed by atoms with van der Waals surface area (Å²) < 4.78 is 0. The average Bonchev–Trinajstić information content (AvgIpc) is 2.74. The minimum absolute atomic E-state index is 0.00302. The summed E-state index contributed by atoms with van der Waals surface area (Å²) in [6.07, 6.45) is 0. The molecule has 3 aromatic carbocycles. The third-order valence-corrected chi connectivity index (χ3v) is 5.86. The Balaban J connectivity index is 1.69. The second-order valence-corrected chi connectivity index (χ2v) is 9.83. The first-order valence-electron chi connectivity index (χ1n) is 10.9. The normalized spacial score (nSPS) is 12.2. The summed E-state index contributed by atoms with van der Waals surface area (Å²) in [5.41, 5.74) is 7.03. The van der Waals surface area contributed by atoms with Gasteiger partial charge in [0.05, 0.1) is 6.04 Å². The van der Waals surface area contributed by atoms with Gasteiger partial charge < -0.3 is 10.6 Å². The van der Waals surface area contributed by atoms with Crippen molar-refractivity contribution < 1.29 is 4.79 Å². The lowest BCUT2D eigenvalue weighted by molar-refractivity contribution is 0.103. The van der Waals surface area contributed by atoms with Crippen LogP contribution < -0.4 is 10.6 Å². The van der Waals surface area contributed by atoms with E-state index in [4.69, 9.17) is 12.2 Å². The molecule has 0 unspecified atom stereocenters. The highest BCUT2D eigenvalue weighted by Crippen LogP contribution is 2.24. The van der Waals surface area contributed by atoms with Crippen LogP contribution in [0.4, 0.5) is 5.69 Å². The number of thiocarbonyl (C=S) groups is 1. The molecule has 3 rings (SSSR count). The van der Waals surface area contributed by atoms with Crippen molar-refractivity contribution in [2.75, 3.05) is 5.32 Å². The summed E-state index contributed by atoms with van der Waals surface area (Å²) in [6.45, 7) is 12.8. The highest BCUT2D eigenvalue weighted by atomic mass is 32.1. The Kier molecular flexibility index (Phi) is 7.15. The fourth-order valence-corrected chi connectivity index (χ4v) is 3.99. The van der Waals surface area contributed by atoms with Gasteiger partial charge in [-0.1, -0.05) is 80.9 Å². The number of benzene rings is 3. The van der Waals surface area contributed by atoms with Crippen molar-refractivity contribution in [2.24, 2.45) is 0 Å². The smallest absolute Gasteiger partial charge is 0.193 e. The van der Waals surface area contributed by atoms with Crippen LogP contribution in [-0.2, 0) is 5.41 Å². The maximum atomic E-state index is 13.0. The number of carbonyl (C=O) groups excluding carboxylic acids is 1. The van der Waals surface area contributed by atoms with E-state index in [1.165, 1.54) is 22.3 Å². The van der Waals surface area contributed by atoms with Crippen LogP contribution in [0.3, 0.4) is 0 Å². The summed E-state index contributed by atoms with van der Waals surface area (Å²) >= 11 is 5.53. The van der Waals surface area contributed by atoms with E-state index in [9.17, 15) is 4.79 Å². The van der Waals surface area contributed by atoms with Crippen LogP contribution in [-0.4, -0.2) is 10.9 Å². The van der Waals surface area contributed by atoms with Gasteiger partial charge in [0, 0.05) is 16.8 Å². The quantitative estimate of drug-likeness (QED) is 0.332. The monoisotopic (exact) mass is 444 g/mol. The summed E-state index contributed by atoms with van der Waals surface area (Å²) in [7, 11) is 0. The van der Waals surface area contributed by atoms with Crippen molar-refractivity contribution in [3.8, 4) is 0 Å². The van der Waals surface area contributed by atoms with Gasteiger partial charge in [-0.25, -0.2) is 0 Å². The molecule has 0 fully saturated rings. The molecule has 0 heterocycles. The first kappa shape index (κ1) is 23.7. The molecule has 0 saturated heterocycles. The number of anilines is 1. The van der Waals surface area contributed by atoms with Crippen molar-refractivity contribution in [3.63, 3.8) is 0 Å². The molecule has 0 radical (unpaired) electrons. The number of nitrogens with one attached hydrogen (secondary N) is 2. The van der Waals surface area contributed by atoms with Crippen LogP contribution >= 0.6 is 12.2 Å². The zero-order chi connectivity index (χ0) is 23.5. The van der Waals surface area contributed by atoms with Gasteiger partial charge in [-0.05, 0) is 67.2 Å². The average molecular weight is 445 g/mol. The number of carbonyl (C=O) groups is 1. The van der Waals surface area contributed by atoms with E-state index in [1.807, 2.05) is 48.5 Å². The standard InChI is InChI=1S/C28H32N2OS/c1-18-10-11-19(2)25(16-18)20(3)29-27(32)30-24-9-7-8-22(17-24)26(31)21-12-14-23(15-13-21)28(4,5)6/h7-17,20H,1-6H3,(H2,29,30,32)/t20-/m1/s1. The number of aryl methyl sites for hydroxylation is 2.